The number of likely N-dealkylation sites (N-methyl/N-ethyl adjacent to an activating group) is 1. The molecule has 0 aromatic carbocycles. The topological polar surface area (TPSA) is 84.2 Å². The third kappa shape index (κ3) is 4.30. The summed E-state index contributed by atoms with van der Waals surface area (Å²) in [5, 5.41) is 8.88. The number of pyridine rings is 1. The number of hydrogen-bond acceptors (Lipinski definition) is 8. The molecule has 160 valence electrons. The number of fused-ring (bicyclic) bond motifs is 1. The second-order valence-electron chi connectivity index (χ2n) is 7.96. The largest absolute Gasteiger partial charge is 0.383 e. The van der Waals surface area contributed by atoms with E-state index in [9.17, 15) is 0 Å². The van der Waals surface area contributed by atoms with Crippen molar-refractivity contribution in [3.63, 3.8) is 0 Å². The van der Waals surface area contributed by atoms with Crippen LogP contribution < -0.4 is 15.1 Å². The van der Waals surface area contributed by atoms with E-state index < -0.39 is 0 Å². The van der Waals surface area contributed by atoms with Crippen LogP contribution in [0.25, 0.3) is 10.9 Å². The summed E-state index contributed by atoms with van der Waals surface area (Å²) in [6.45, 7) is 7.62. The minimum Gasteiger partial charge on any atom is -0.383 e. The molecule has 4 rings (SSSR count). The van der Waals surface area contributed by atoms with Crippen molar-refractivity contribution in [1.29, 1.82) is 0 Å². The normalized spacial score (nSPS) is 14.1. The van der Waals surface area contributed by atoms with Crippen molar-refractivity contribution in [3.8, 4) is 0 Å². The number of rotatable bonds is 8. The lowest BCUT2D eigenvalue weighted by Crippen LogP contribution is -2.26. The molecule has 1 saturated heterocycles. The summed E-state index contributed by atoms with van der Waals surface area (Å²) in [6, 6.07) is 4.30. The summed E-state index contributed by atoms with van der Waals surface area (Å²) >= 11 is 0. The van der Waals surface area contributed by atoms with Crippen LogP contribution in [0.2, 0.25) is 0 Å². The molecule has 4 heterocycles. The Morgan fingerprint density at radius 2 is 1.93 bits per heavy atom. The summed E-state index contributed by atoms with van der Waals surface area (Å²) in [5.41, 5.74) is 1.05. The summed E-state index contributed by atoms with van der Waals surface area (Å²) in [5.74, 6) is 3.08. The molecule has 30 heavy (non-hydrogen) atoms. The highest BCUT2D eigenvalue weighted by Gasteiger charge is 2.18. The Morgan fingerprint density at radius 1 is 1.13 bits per heavy atom. The van der Waals surface area contributed by atoms with Gasteiger partial charge >= 0.3 is 0 Å². The first kappa shape index (κ1) is 20.3. The molecule has 0 amide bonds. The number of hydrogen-bond donors (Lipinski definition) is 1. The summed E-state index contributed by atoms with van der Waals surface area (Å²) < 4.78 is 7.21. The smallest absolute Gasteiger partial charge is 0.229 e. The summed E-state index contributed by atoms with van der Waals surface area (Å²) in [6.07, 6.45) is 6.08. The highest BCUT2D eigenvalue weighted by molar-refractivity contribution is 5.81. The molecule has 9 heteroatoms. The van der Waals surface area contributed by atoms with E-state index in [0.29, 0.717) is 12.6 Å². The number of nitrogens with zero attached hydrogens (tertiary/aromatic N) is 7. The van der Waals surface area contributed by atoms with Crippen LogP contribution in [0.3, 0.4) is 0 Å². The van der Waals surface area contributed by atoms with Gasteiger partial charge in [0.1, 0.15) is 17.5 Å². The van der Waals surface area contributed by atoms with E-state index in [1.54, 1.807) is 7.11 Å². The molecule has 9 nitrogen and oxygen atoms in total. The fourth-order valence-electron chi connectivity index (χ4n) is 3.64. The number of anilines is 4. The van der Waals surface area contributed by atoms with Crippen LogP contribution in [0, 0.1) is 0 Å². The van der Waals surface area contributed by atoms with Crippen LogP contribution in [-0.2, 0) is 4.74 Å². The zero-order chi connectivity index (χ0) is 21.1. The number of methoxy groups -OCH3 is 1. The van der Waals surface area contributed by atoms with E-state index >= 15 is 0 Å². The Kier molecular flexibility index (Phi) is 5.98. The van der Waals surface area contributed by atoms with E-state index in [0.717, 1.165) is 48.0 Å². The average molecular weight is 411 g/mol. The Balaban J connectivity index is 1.66. The van der Waals surface area contributed by atoms with Gasteiger partial charge in [0, 0.05) is 63.5 Å². The number of aromatic nitrogens is 5. The van der Waals surface area contributed by atoms with Crippen molar-refractivity contribution < 1.29 is 4.74 Å². The van der Waals surface area contributed by atoms with Crippen molar-refractivity contribution in [2.24, 2.45) is 0 Å². The predicted molar refractivity (Wildman–Crippen MR) is 120 cm³/mol. The lowest BCUT2D eigenvalue weighted by molar-refractivity contribution is 0.206. The highest BCUT2D eigenvalue weighted by atomic mass is 16.5. The SMILES string of the molecule is COCCN(C)c1nc(Nc2cc3c(cn2)cnn3C(C)C)cc(N2CCCC2)n1. The zero-order valence-corrected chi connectivity index (χ0v) is 18.2. The first-order chi connectivity index (χ1) is 14.5. The lowest BCUT2D eigenvalue weighted by atomic mass is 10.3. The van der Waals surface area contributed by atoms with E-state index in [1.165, 1.54) is 12.8 Å². The Morgan fingerprint density at radius 3 is 2.67 bits per heavy atom. The Bertz CT molecular complexity index is 996. The quantitative estimate of drug-likeness (QED) is 0.606. The fourth-order valence-corrected chi connectivity index (χ4v) is 3.64. The van der Waals surface area contributed by atoms with Crippen molar-refractivity contribution in [3.05, 3.63) is 24.5 Å². The Hall–Kier alpha value is -2.94. The van der Waals surface area contributed by atoms with Crippen LogP contribution in [-0.4, -0.2) is 65.1 Å². The van der Waals surface area contributed by atoms with Crippen LogP contribution in [0.1, 0.15) is 32.7 Å². The van der Waals surface area contributed by atoms with Crippen molar-refractivity contribution in [1.82, 2.24) is 24.7 Å². The van der Waals surface area contributed by atoms with Gasteiger partial charge in [0.2, 0.25) is 5.95 Å². The van der Waals surface area contributed by atoms with Crippen LogP contribution in [0.5, 0.6) is 0 Å². The molecule has 0 atom stereocenters. The van der Waals surface area contributed by atoms with Gasteiger partial charge in [-0.3, -0.25) is 4.68 Å². The maximum absolute atomic E-state index is 5.21. The van der Waals surface area contributed by atoms with Crippen LogP contribution >= 0.6 is 0 Å². The van der Waals surface area contributed by atoms with E-state index in [2.05, 4.69) is 34.1 Å². The van der Waals surface area contributed by atoms with Gasteiger partial charge in [-0.25, -0.2) is 4.98 Å². The van der Waals surface area contributed by atoms with Crippen LogP contribution in [0.15, 0.2) is 24.5 Å². The predicted octanol–water partition coefficient (Wildman–Crippen LogP) is 3.23. The number of nitrogens with one attached hydrogen (secondary N) is 1. The molecule has 3 aromatic rings. The van der Waals surface area contributed by atoms with Gasteiger partial charge in [-0.1, -0.05) is 0 Å². The van der Waals surface area contributed by atoms with Crippen LogP contribution in [0.4, 0.5) is 23.4 Å². The van der Waals surface area contributed by atoms with E-state index in [4.69, 9.17) is 14.7 Å². The maximum Gasteiger partial charge on any atom is 0.229 e. The van der Waals surface area contributed by atoms with E-state index in [-0.39, 0.29) is 6.04 Å². The fraction of sp³-hybridized carbons (Fsp3) is 0.524. The maximum atomic E-state index is 5.21. The molecular weight excluding hydrogens is 380 g/mol. The van der Waals surface area contributed by atoms with Crippen molar-refractivity contribution in [2.75, 3.05) is 55.5 Å². The molecule has 1 fully saturated rings. The molecule has 0 aliphatic carbocycles. The van der Waals surface area contributed by atoms with Crippen molar-refractivity contribution >= 4 is 34.3 Å². The zero-order valence-electron chi connectivity index (χ0n) is 18.2. The van der Waals surface area contributed by atoms with Gasteiger partial charge in [0.15, 0.2) is 0 Å². The van der Waals surface area contributed by atoms with Gasteiger partial charge in [-0.15, -0.1) is 0 Å². The minimum atomic E-state index is 0.277. The van der Waals surface area contributed by atoms with Gasteiger partial charge in [0.25, 0.3) is 0 Å². The lowest BCUT2D eigenvalue weighted by Gasteiger charge is -2.22. The first-order valence-corrected chi connectivity index (χ1v) is 10.5. The van der Waals surface area contributed by atoms with Gasteiger partial charge in [0.05, 0.1) is 18.3 Å². The molecule has 0 unspecified atom stereocenters. The van der Waals surface area contributed by atoms with Crippen molar-refractivity contribution in [2.45, 2.75) is 32.7 Å². The molecule has 1 aliphatic heterocycles. The number of ether oxygens (including phenoxy) is 1. The van der Waals surface area contributed by atoms with Gasteiger partial charge in [-0.2, -0.15) is 15.1 Å². The second-order valence-corrected chi connectivity index (χ2v) is 7.96. The molecule has 0 spiro atoms. The molecular formula is C21H30N8O. The molecule has 3 aromatic heterocycles. The van der Waals surface area contributed by atoms with E-state index in [1.807, 2.05) is 41.2 Å². The summed E-state index contributed by atoms with van der Waals surface area (Å²) in [4.78, 5) is 18.4. The minimum absolute atomic E-state index is 0.277. The standard InChI is InChI=1S/C21H30N8O/c1-15(2)29-17-11-18(22-13-16(17)14-23-29)24-19-12-20(28-7-5-6-8-28)26-21(25-19)27(3)9-10-30-4/h11-15H,5-10H2,1-4H3,(H,22,24,25,26). The molecule has 1 aliphatic rings. The van der Waals surface area contributed by atoms with Gasteiger partial charge in [-0.05, 0) is 26.7 Å². The monoisotopic (exact) mass is 410 g/mol. The average Bonchev–Trinajstić information content (AvgIpc) is 3.41. The first-order valence-electron chi connectivity index (χ1n) is 10.5. The second kappa shape index (κ2) is 8.83. The molecule has 0 radical (unpaired) electrons. The van der Waals surface area contributed by atoms with Gasteiger partial charge < -0.3 is 19.9 Å². The molecule has 0 saturated carbocycles. The molecule has 0 bridgehead atoms. The summed E-state index contributed by atoms with van der Waals surface area (Å²) in [7, 11) is 3.68. The Labute approximate surface area is 177 Å². The third-order valence-corrected chi connectivity index (χ3v) is 5.33. The molecule has 1 N–H and O–H groups in total. The third-order valence-electron chi connectivity index (χ3n) is 5.33. The highest BCUT2D eigenvalue weighted by Crippen LogP contribution is 2.26.